The summed E-state index contributed by atoms with van der Waals surface area (Å²) in [5.41, 5.74) is 4.25. The monoisotopic (exact) mass is 456 g/mol. The summed E-state index contributed by atoms with van der Waals surface area (Å²) in [5.74, 6) is 0.00406. The molecule has 8 heteroatoms. The van der Waals surface area contributed by atoms with Crippen molar-refractivity contribution in [3.05, 3.63) is 93.5 Å². The molecule has 0 aliphatic rings. The van der Waals surface area contributed by atoms with Crippen molar-refractivity contribution < 1.29 is 19.1 Å². The quantitative estimate of drug-likeness (QED) is 0.233. The lowest BCUT2D eigenvalue weighted by atomic mass is 10.2. The molecule has 0 spiro atoms. The molecular weight excluding hydrogens is 439 g/mol. The minimum absolute atomic E-state index is 0.148. The van der Waals surface area contributed by atoms with E-state index < -0.39 is 5.97 Å². The van der Waals surface area contributed by atoms with Gasteiger partial charge in [0.25, 0.3) is 5.91 Å². The number of rotatable bonds is 7. The van der Waals surface area contributed by atoms with Crippen LogP contribution in [0.3, 0.4) is 0 Å². The molecule has 0 radical (unpaired) electrons. The van der Waals surface area contributed by atoms with Gasteiger partial charge in [-0.25, -0.2) is 10.2 Å². The number of nitrogens with one attached hydrogen (secondary N) is 1. The van der Waals surface area contributed by atoms with Gasteiger partial charge in [0.2, 0.25) is 0 Å². The third-order valence-electron chi connectivity index (χ3n) is 4.10. The van der Waals surface area contributed by atoms with Gasteiger partial charge in [-0.3, -0.25) is 4.79 Å². The van der Waals surface area contributed by atoms with E-state index in [9.17, 15) is 9.59 Å². The molecule has 3 aromatic rings. The summed E-state index contributed by atoms with van der Waals surface area (Å²) >= 11 is 11.8. The lowest BCUT2D eigenvalue weighted by Gasteiger charge is -2.07. The second kappa shape index (κ2) is 10.6. The number of amides is 1. The molecule has 0 saturated carbocycles. The van der Waals surface area contributed by atoms with Gasteiger partial charge in [0.1, 0.15) is 11.5 Å². The number of hydrogen-bond donors (Lipinski definition) is 1. The lowest BCUT2D eigenvalue weighted by molar-refractivity contribution is -0.123. The van der Waals surface area contributed by atoms with E-state index in [1.807, 2.05) is 25.1 Å². The van der Waals surface area contributed by atoms with Gasteiger partial charge in [-0.2, -0.15) is 5.10 Å². The molecule has 0 aliphatic heterocycles. The van der Waals surface area contributed by atoms with Crippen LogP contribution in [0.2, 0.25) is 10.0 Å². The molecule has 0 fully saturated rings. The van der Waals surface area contributed by atoms with Crippen LogP contribution in [0.15, 0.2) is 71.8 Å². The molecule has 0 saturated heterocycles. The van der Waals surface area contributed by atoms with Crippen molar-refractivity contribution >= 4 is 41.3 Å². The molecule has 0 heterocycles. The summed E-state index contributed by atoms with van der Waals surface area (Å²) in [6, 6.07) is 18.5. The van der Waals surface area contributed by atoms with E-state index in [0.717, 1.165) is 5.56 Å². The minimum atomic E-state index is -0.594. The number of para-hydroxylation sites is 1. The molecule has 0 aromatic heterocycles. The zero-order valence-electron chi connectivity index (χ0n) is 16.5. The number of hydrazone groups is 1. The van der Waals surface area contributed by atoms with E-state index in [1.165, 1.54) is 18.3 Å². The zero-order chi connectivity index (χ0) is 22.2. The highest BCUT2D eigenvalue weighted by molar-refractivity contribution is 6.36. The van der Waals surface area contributed by atoms with E-state index in [4.69, 9.17) is 32.7 Å². The first-order chi connectivity index (χ1) is 14.9. The number of esters is 1. The largest absolute Gasteiger partial charge is 0.483 e. The van der Waals surface area contributed by atoms with Crippen molar-refractivity contribution in [1.29, 1.82) is 0 Å². The average Bonchev–Trinajstić information content (AvgIpc) is 2.74. The van der Waals surface area contributed by atoms with Crippen LogP contribution in [-0.2, 0) is 4.79 Å². The maximum absolute atomic E-state index is 12.2. The lowest BCUT2D eigenvalue weighted by Crippen LogP contribution is -2.24. The normalized spacial score (nSPS) is 10.7. The first-order valence-electron chi connectivity index (χ1n) is 9.20. The Balaban J connectivity index is 1.49. The topological polar surface area (TPSA) is 77.0 Å². The number of halogens is 2. The molecule has 158 valence electrons. The predicted octanol–water partition coefficient (Wildman–Crippen LogP) is 5.05. The summed E-state index contributed by atoms with van der Waals surface area (Å²) in [7, 11) is 0. The van der Waals surface area contributed by atoms with Crippen LogP contribution in [0, 0.1) is 6.92 Å². The summed E-state index contributed by atoms with van der Waals surface area (Å²) < 4.78 is 10.8. The first-order valence-corrected chi connectivity index (χ1v) is 9.95. The second-order valence-electron chi connectivity index (χ2n) is 6.43. The molecule has 3 rings (SSSR count). The number of benzene rings is 3. The number of hydrogen-bond acceptors (Lipinski definition) is 5. The Hall–Kier alpha value is -3.35. The van der Waals surface area contributed by atoms with Crippen LogP contribution in [0.5, 0.6) is 11.5 Å². The van der Waals surface area contributed by atoms with Gasteiger partial charge >= 0.3 is 5.97 Å². The van der Waals surface area contributed by atoms with Crippen molar-refractivity contribution in [2.75, 3.05) is 6.61 Å². The fraction of sp³-hybridized carbons (Fsp3) is 0.0870. The molecule has 0 atom stereocenters. The third kappa shape index (κ3) is 6.57. The van der Waals surface area contributed by atoms with Crippen LogP contribution < -0.4 is 14.9 Å². The summed E-state index contributed by atoms with van der Waals surface area (Å²) in [6.45, 7) is 1.75. The minimum Gasteiger partial charge on any atom is -0.483 e. The molecule has 6 nitrogen and oxygen atoms in total. The zero-order valence-corrected chi connectivity index (χ0v) is 18.0. The van der Waals surface area contributed by atoms with Gasteiger partial charge in [0.05, 0.1) is 16.8 Å². The van der Waals surface area contributed by atoms with Gasteiger partial charge in [0.15, 0.2) is 6.61 Å². The third-order valence-corrected chi connectivity index (χ3v) is 4.64. The smallest absolute Gasteiger partial charge is 0.345 e. The van der Waals surface area contributed by atoms with Crippen LogP contribution in [0.1, 0.15) is 21.5 Å². The SMILES string of the molecule is Cc1ccccc1OCC(=O)NN=Cc1ccc(OC(=O)c2ccc(Cl)cc2Cl)cc1. The summed E-state index contributed by atoms with van der Waals surface area (Å²) in [6.07, 6.45) is 1.47. The van der Waals surface area contributed by atoms with Gasteiger partial charge in [0, 0.05) is 5.02 Å². The first kappa shape index (κ1) is 22.3. The Bertz CT molecular complexity index is 1110. The second-order valence-corrected chi connectivity index (χ2v) is 7.27. The van der Waals surface area contributed by atoms with E-state index in [2.05, 4.69) is 10.5 Å². The van der Waals surface area contributed by atoms with E-state index in [-0.39, 0.29) is 23.1 Å². The van der Waals surface area contributed by atoms with Crippen LogP contribution in [0.4, 0.5) is 0 Å². The van der Waals surface area contributed by atoms with Crippen molar-refractivity contribution in [2.24, 2.45) is 5.10 Å². The van der Waals surface area contributed by atoms with Gasteiger partial charge < -0.3 is 9.47 Å². The van der Waals surface area contributed by atoms with Crippen molar-refractivity contribution in [3.63, 3.8) is 0 Å². The maximum Gasteiger partial charge on any atom is 0.345 e. The van der Waals surface area contributed by atoms with Gasteiger partial charge in [-0.1, -0.05) is 41.4 Å². The van der Waals surface area contributed by atoms with Crippen molar-refractivity contribution in [1.82, 2.24) is 5.43 Å². The Morgan fingerprint density at radius 2 is 1.77 bits per heavy atom. The number of aryl methyl sites for hydroxylation is 1. The van der Waals surface area contributed by atoms with Crippen LogP contribution in [0.25, 0.3) is 0 Å². The van der Waals surface area contributed by atoms with Crippen molar-refractivity contribution in [2.45, 2.75) is 6.92 Å². The maximum atomic E-state index is 12.2. The van der Waals surface area contributed by atoms with Crippen LogP contribution in [-0.4, -0.2) is 24.7 Å². The number of nitrogens with zero attached hydrogens (tertiary/aromatic N) is 1. The highest BCUT2D eigenvalue weighted by Gasteiger charge is 2.13. The molecule has 1 amide bonds. The Kier molecular flexibility index (Phi) is 7.65. The number of ether oxygens (including phenoxy) is 2. The molecule has 31 heavy (non-hydrogen) atoms. The fourth-order valence-electron chi connectivity index (χ4n) is 2.51. The number of carbonyl (C=O) groups excluding carboxylic acids is 2. The Morgan fingerprint density at radius 3 is 2.48 bits per heavy atom. The molecular formula is C23H18Cl2N2O4. The highest BCUT2D eigenvalue weighted by Crippen LogP contribution is 2.23. The van der Waals surface area contributed by atoms with Gasteiger partial charge in [-0.15, -0.1) is 0 Å². The Morgan fingerprint density at radius 1 is 1.03 bits per heavy atom. The predicted molar refractivity (Wildman–Crippen MR) is 120 cm³/mol. The standard InChI is InChI=1S/C23H18Cl2N2O4/c1-15-4-2-3-5-21(15)30-14-22(28)27-26-13-16-6-9-18(10-7-16)31-23(29)19-11-8-17(24)12-20(19)25/h2-13H,14H2,1H3,(H,27,28). The summed E-state index contributed by atoms with van der Waals surface area (Å²) in [5, 5.41) is 4.53. The van der Waals surface area contributed by atoms with E-state index in [0.29, 0.717) is 22.1 Å². The van der Waals surface area contributed by atoms with E-state index in [1.54, 1.807) is 36.4 Å². The average molecular weight is 457 g/mol. The Labute approximate surface area is 189 Å². The molecule has 0 aliphatic carbocycles. The van der Waals surface area contributed by atoms with Crippen LogP contribution >= 0.6 is 23.2 Å². The molecule has 0 unspecified atom stereocenters. The summed E-state index contributed by atoms with van der Waals surface area (Å²) in [4.78, 5) is 24.1. The van der Waals surface area contributed by atoms with Gasteiger partial charge in [-0.05, 0) is 66.6 Å². The molecule has 3 aromatic carbocycles. The number of carbonyl (C=O) groups is 2. The molecule has 1 N–H and O–H groups in total. The highest BCUT2D eigenvalue weighted by atomic mass is 35.5. The molecule has 0 bridgehead atoms. The fourth-order valence-corrected chi connectivity index (χ4v) is 3.00. The van der Waals surface area contributed by atoms with E-state index >= 15 is 0 Å². The van der Waals surface area contributed by atoms with Crippen molar-refractivity contribution in [3.8, 4) is 11.5 Å².